The Labute approximate surface area is 154 Å². The molecule has 2 aromatic rings. The minimum atomic E-state index is -0.726. The number of esters is 1. The molecule has 0 saturated carbocycles. The van der Waals surface area contributed by atoms with E-state index in [9.17, 15) is 14.4 Å². The average molecular weight is 380 g/mol. The number of oxazole rings is 1. The predicted octanol–water partition coefficient (Wildman–Crippen LogP) is 3.30. The molecule has 0 saturated heterocycles. The fourth-order valence-electron chi connectivity index (χ4n) is 2.25. The standard InChI is InChI=1S/C17H20N2O6S/c1-6-23-16(22)14-13(9(3)20)11(5)24-15(14)19-12(21)7-26-17-18-8(2)10(4)25-17/h6-7H2,1-5H3,(H,19,21). The van der Waals surface area contributed by atoms with Crippen LogP contribution in [0, 0.1) is 20.8 Å². The third kappa shape index (κ3) is 4.34. The van der Waals surface area contributed by atoms with Crippen molar-refractivity contribution in [3.8, 4) is 0 Å². The summed E-state index contributed by atoms with van der Waals surface area (Å²) in [6, 6.07) is 0. The van der Waals surface area contributed by atoms with Crippen molar-refractivity contribution in [2.75, 3.05) is 17.7 Å². The molecule has 8 nitrogen and oxygen atoms in total. The second-order valence-electron chi connectivity index (χ2n) is 5.47. The summed E-state index contributed by atoms with van der Waals surface area (Å²) in [5.41, 5.74) is 0.786. The molecular formula is C17H20N2O6S. The number of ketones is 1. The molecule has 1 amide bonds. The van der Waals surface area contributed by atoms with Crippen molar-refractivity contribution in [3.63, 3.8) is 0 Å². The Morgan fingerprint density at radius 1 is 1.12 bits per heavy atom. The van der Waals surface area contributed by atoms with Crippen LogP contribution >= 0.6 is 11.8 Å². The van der Waals surface area contributed by atoms with Gasteiger partial charge in [-0.3, -0.25) is 14.9 Å². The summed E-state index contributed by atoms with van der Waals surface area (Å²) < 4.78 is 15.8. The highest BCUT2D eigenvalue weighted by molar-refractivity contribution is 7.99. The molecule has 0 fully saturated rings. The molecule has 0 radical (unpaired) electrons. The monoisotopic (exact) mass is 380 g/mol. The van der Waals surface area contributed by atoms with Crippen molar-refractivity contribution in [1.82, 2.24) is 4.98 Å². The summed E-state index contributed by atoms with van der Waals surface area (Å²) in [5.74, 6) is -0.690. The summed E-state index contributed by atoms with van der Waals surface area (Å²) in [5, 5.41) is 2.88. The van der Waals surface area contributed by atoms with Gasteiger partial charge in [0.2, 0.25) is 11.8 Å². The van der Waals surface area contributed by atoms with Crippen LogP contribution in [0.5, 0.6) is 0 Å². The summed E-state index contributed by atoms with van der Waals surface area (Å²) in [6.45, 7) is 8.23. The average Bonchev–Trinajstić information content (AvgIpc) is 3.05. The Hall–Kier alpha value is -2.55. The molecule has 2 heterocycles. The molecule has 26 heavy (non-hydrogen) atoms. The van der Waals surface area contributed by atoms with Crippen LogP contribution in [0.15, 0.2) is 14.1 Å². The number of nitrogens with zero attached hydrogens (tertiary/aromatic N) is 1. The van der Waals surface area contributed by atoms with Crippen LogP contribution in [-0.2, 0) is 9.53 Å². The summed E-state index contributed by atoms with van der Waals surface area (Å²) >= 11 is 1.11. The molecule has 0 atom stereocenters. The minimum absolute atomic E-state index is 0.00316. The number of thioether (sulfide) groups is 1. The van der Waals surface area contributed by atoms with Gasteiger partial charge in [0.1, 0.15) is 17.1 Å². The number of amides is 1. The summed E-state index contributed by atoms with van der Waals surface area (Å²) in [7, 11) is 0. The lowest BCUT2D eigenvalue weighted by atomic mass is 10.1. The van der Waals surface area contributed by atoms with Crippen LogP contribution in [0.1, 0.15) is 51.8 Å². The number of aryl methyl sites for hydroxylation is 3. The maximum Gasteiger partial charge on any atom is 0.344 e. The second kappa shape index (κ2) is 8.22. The third-order valence-electron chi connectivity index (χ3n) is 3.50. The molecule has 0 aliphatic rings. The van der Waals surface area contributed by atoms with Gasteiger partial charge in [0.25, 0.3) is 5.22 Å². The first-order valence-electron chi connectivity index (χ1n) is 7.92. The first kappa shape index (κ1) is 19.8. The van der Waals surface area contributed by atoms with E-state index >= 15 is 0 Å². The lowest BCUT2D eigenvalue weighted by Crippen LogP contribution is -2.17. The number of hydrogen-bond acceptors (Lipinski definition) is 8. The van der Waals surface area contributed by atoms with Gasteiger partial charge >= 0.3 is 5.97 Å². The van der Waals surface area contributed by atoms with E-state index in [1.165, 1.54) is 6.92 Å². The normalized spacial score (nSPS) is 10.7. The van der Waals surface area contributed by atoms with Gasteiger partial charge < -0.3 is 13.6 Å². The lowest BCUT2D eigenvalue weighted by molar-refractivity contribution is -0.113. The number of aromatic nitrogens is 1. The number of anilines is 1. The zero-order valence-electron chi connectivity index (χ0n) is 15.2. The van der Waals surface area contributed by atoms with Gasteiger partial charge in [0, 0.05) is 0 Å². The zero-order chi connectivity index (χ0) is 19.4. The molecule has 1 N–H and O–H groups in total. The predicted molar refractivity (Wildman–Crippen MR) is 94.7 cm³/mol. The highest BCUT2D eigenvalue weighted by atomic mass is 32.2. The first-order valence-corrected chi connectivity index (χ1v) is 8.91. The molecule has 2 rings (SSSR count). The van der Waals surface area contributed by atoms with Gasteiger partial charge in [-0.2, -0.15) is 0 Å². The van der Waals surface area contributed by atoms with Crippen molar-refractivity contribution in [3.05, 3.63) is 28.3 Å². The van der Waals surface area contributed by atoms with E-state index in [1.54, 1.807) is 20.8 Å². The highest BCUT2D eigenvalue weighted by Gasteiger charge is 2.28. The van der Waals surface area contributed by atoms with Crippen molar-refractivity contribution in [2.24, 2.45) is 0 Å². The number of rotatable bonds is 7. The number of ether oxygens (including phenoxy) is 1. The van der Waals surface area contributed by atoms with Crippen LogP contribution in [0.2, 0.25) is 0 Å². The topological polar surface area (TPSA) is 112 Å². The summed E-state index contributed by atoms with van der Waals surface area (Å²) in [6.07, 6.45) is 0. The van der Waals surface area contributed by atoms with Gasteiger partial charge in [-0.15, -0.1) is 0 Å². The van der Waals surface area contributed by atoms with Crippen molar-refractivity contribution < 1.29 is 28.0 Å². The third-order valence-corrected chi connectivity index (χ3v) is 4.33. The Morgan fingerprint density at radius 2 is 1.81 bits per heavy atom. The maximum atomic E-state index is 12.2. The van der Waals surface area contributed by atoms with E-state index < -0.39 is 11.9 Å². The Morgan fingerprint density at radius 3 is 2.35 bits per heavy atom. The Balaban J connectivity index is 2.17. The van der Waals surface area contributed by atoms with Crippen LogP contribution in [-0.4, -0.2) is 35.0 Å². The Bertz CT molecular complexity index is 832. The smallest absolute Gasteiger partial charge is 0.344 e. The zero-order valence-corrected chi connectivity index (χ0v) is 16.0. The van der Waals surface area contributed by atoms with Crippen LogP contribution in [0.25, 0.3) is 0 Å². The highest BCUT2D eigenvalue weighted by Crippen LogP contribution is 2.29. The molecule has 0 spiro atoms. The molecule has 0 aliphatic heterocycles. The number of furan rings is 1. The first-order chi connectivity index (χ1) is 12.2. The molecule has 9 heteroatoms. The van der Waals surface area contributed by atoms with Crippen molar-refractivity contribution in [1.29, 1.82) is 0 Å². The second-order valence-corrected chi connectivity index (χ2v) is 6.40. The SMILES string of the molecule is CCOC(=O)c1c(NC(=O)CSc2nc(C)c(C)o2)oc(C)c1C(C)=O. The fraction of sp³-hybridized carbons (Fsp3) is 0.412. The van der Waals surface area contributed by atoms with E-state index in [1.807, 2.05) is 6.92 Å². The van der Waals surface area contributed by atoms with Gasteiger partial charge in [-0.25, -0.2) is 9.78 Å². The number of nitrogens with one attached hydrogen (secondary N) is 1. The molecule has 0 aromatic carbocycles. The molecular weight excluding hydrogens is 360 g/mol. The van der Waals surface area contributed by atoms with Gasteiger partial charge in [0.05, 0.1) is 23.6 Å². The largest absolute Gasteiger partial charge is 0.462 e. The number of hydrogen-bond donors (Lipinski definition) is 1. The minimum Gasteiger partial charge on any atom is -0.462 e. The number of carbonyl (C=O) groups is 3. The van der Waals surface area contributed by atoms with E-state index in [0.29, 0.717) is 11.0 Å². The van der Waals surface area contributed by atoms with E-state index in [2.05, 4.69) is 10.3 Å². The van der Waals surface area contributed by atoms with Crippen molar-refractivity contribution >= 4 is 35.3 Å². The fourth-order valence-corrected chi connectivity index (χ4v) is 2.96. The van der Waals surface area contributed by atoms with E-state index in [4.69, 9.17) is 13.6 Å². The van der Waals surface area contributed by atoms with Gasteiger partial charge in [-0.1, -0.05) is 11.8 Å². The van der Waals surface area contributed by atoms with Crippen LogP contribution in [0.4, 0.5) is 5.88 Å². The molecule has 0 bridgehead atoms. The van der Waals surface area contributed by atoms with Gasteiger partial charge in [-0.05, 0) is 34.6 Å². The molecule has 0 unspecified atom stereocenters. The van der Waals surface area contributed by atoms with E-state index in [0.717, 1.165) is 17.5 Å². The van der Waals surface area contributed by atoms with Crippen molar-refractivity contribution in [2.45, 2.75) is 39.8 Å². The molecule has 2 aromatic heterocycles. The quantitative estimate of drug-likeness (QED) is 0.442. The summed E-state index contributed by atoms with van der Waals surface area (Å²) in [4.78, 5) is 40.4. The molecule has 0 aliphatic carbocycles. The maximum absolute atomic E-state index is 12.2. The number of carbonyl (C=O) groups excluding carboxylic acids is 3. The Kier molecular flexibility index (Phi) is 6.25. The van der Waals surface area contributed by atoms with E-state index in [-0.39, 0.29) is 40.9 Å². The van der Waals surface area contributed by atoms with Gasteiger partial charge in [0.15, 0.2) is 5.78 Å². The lowest BCUT2D eigenvalue weighted by Gasteiger charge is -2.05. The van der Waals surface area contributed by atoms with Crippen LogP contribution < -0.4 is 5.32 Å². The number of Topliss-reactive ketones (excluding diaryl/α,β-unsaturated/α-hetero) is 1. The van der Waals surface area contributed by atoms with Crippen LogP contribution in [0.3, 0.4) is 0 Å². The molecule has 140 valence electrons.